The van der Waals surface area contributed by atoms with E-state index in [0.29, 0.717) is 25.3 Å². The monoisotopic (exact) mass is 551 g/mol. The fraction of sp³-hybridized carbons (Fsp3) is 0.333. The highest BCUT2D eigenvalue weighted by molar-refractivity contribution is 7.89. The molecule has 0 saturated heterocycles. The maximum absolute atomic E-state index is 13.4. The number of carbonyl (C=O) groups is 2. The Balaban J connectivity index is 1.70. The number of ether oxygens (including phenoxy) is 1. The summed E-state index contributed by atoms with van der Waals surface area (Å²) in [6, 6.07) is 21.1. The lowest BCUT2D eigenvalue weighted by Gasteiger charge is -2.29. The summed E-state index contributed by atoms with van der Waals surface area (Å²) < 4.78 is 32.1. The molecule has 0 saturated carbocycles. The van der Waals surface area contributed by atoms with Gasteiger partial charge in [0.05, 0.1) is 12.0 Å². The third-order valence-corrected chi connectivity index (χ3v) is 8.02. The number of aryl methyl sites for hydroxylation is 2. The number of sulfonamides is 1. The van der Waals surface area contributed by atoms with Gasteiger partial charge in [-0.25, -0.2) is 13.1 Å². The Kier molecular flexibility index (Phi) is 10.7. The lowest BCUT2D eigenvalue weighted by Crippen LogP contribution is -2.47. The molecule has 2 N–H and O–H groups in total. The van der Waals surface area contributed by atoms with Crippen molar-refractivity contribution in [3.05, 3.63) is 95.1 Å². The molecule has 0 heterocycles. The SMILES string of the molecule is CCNS(=O)(=O)c1ccc(CCC(=O)N(Cc2ccc(OC)cc2)C(C)C(=O)NCc2ccc(C)cc2)cc1. The maximum Gasteiger partial charge on any atom is 0.242 e. The van der Waals surface area contributed by atoms with Gasteiger partial charge >= 0.3 is 0 Å². The predicted octanol–water partition coefficient (Wildman–Crippen LogP) is 3.97. The molecule has 8 nitrogen and oxygen atoms in total. The molecule has 0 radical (unpaired) electrons. The quantitative estimate of drug-likeness (QED) is 0.335. The van der Waals surface area contributed by atoms with Crippen molar-refractivity contribution in [3.8, 4) is 5.75 Å². The van der Waals surface area contributed by atoms with Crippen LogP contribution >= 0.6 is 0 Å². The van der Waals surface area contributed by atoms with Gasteiger partial charge in [0.1, 0.15) is 11.8 Å². The van der Waals surface area contributed by atoms with Crippen LogP contribution in [0.25, 0.3) is 0 Å². The highest BCUT2D eigenvalue weighted by Gasteiger charge is 2.26. The van der Waals surface area contributed by atoms with Gasteiger partial charge in [0.15, 0.2) is 0 Å². The molecule has 3 aromatic carbocycles. The molecule has 0 fully saturated rings. The van der Waals surface area contributed by atoms with Crippen LogP contribution in [0, 0.1) is 6.92 Å². The van der Waals surface area contributed by atoms with Crippen LogP contribution in [-0.2, 0) is 39.1 Å². The predicted molar refractivity (Wildman–Crippen MR) is 152 cm³/mol. The summed E-state index contributed by atoms with van der Waals surface area (Å²) in [5, 5.41) is 2.95. The molecule has 3 rings (SSSR count). The van der Waals surface area contributed by atoms with Crippen LogP contribution in [0.1, 0.15) is 42.5 Å². The second-order valence-electron chi connectivity index (χ2n) is 9.39. The van der Waals surface area contributed by atoms with Crippen molar-refractivity contribution in [1.82, 2.24) is 14.9 Å². The first-order chi connectivity index (χ1) is 18.6. The number of benzene rings is 3. The summed E-state index contributed by atoms with van der Waals surface area (Å²) >= 11 is 0. The first kappa shape index (κ1) is 29.9. The third kappa shape index (κ3) is 8.66. The van der Waals surface area contributed by atoms with E-state index in [0.717, 1.165) is 22.3 Å². The largest absolute Gasteiger partial charge is 0.497 e. The standard InChI is InChI=1S/C30H37N3O5S/c1-5-32-39(36,37)28-17-12-24(13-18-28)14-19-29(34)33(21-26-10-15-27(38-4)16-11-26)23(3)30(35)31-20-25-8-6-22(2)7-9-25/h6-13,15-18,23,32H,5,14,19-21H2,1-4H3,(H,31,35). The molecule has 1 unspecified atom stereocenters. The zero-order valence-electron chi connectivity index (χ0n) is 22.9. The molecule has 0 aliphatic rings. The zero-order valence-corrected chi connectivity index (χ0v) is 23.8. The highest BCUT2D eigenvalue weighted by atomic mass is 32.2. The fourth-order valence-electron chi connectivity index (χ4n) is 4.06. The van der Waals surface area contributed by atoms with Crippen LogP contribution in [0.2, 0.25) is 0 Å². The van der Waals surface area contributed by atoms with E-state index in [1.807, 2.05) is 55.5 Å². The molecule has 3 aromatic rings. The van der Waals surface area contributed by atoms with Crippen LogP contribution in [-0.4, -0.2) is 44.8 Å². The molecular weight excluding hydrogens is 514 g/mol. The van der Waals surface area contributed by atoms with E-state index < -0.39 is 16.1 Å². The van der Waals surface area contributed by atoms with Crippen molar-refractivity contribution < 1.29 is 22.7 Å². The van der Waals surface area contributed by atoms with E-state index in [4.69, 9.17) is 4.74 Å². The minimum Gasteiger partial charge on any atom is -0.497 e. The van der Waals surface area contributed by atoms with Crippen molar-refractivity contribution in [2.24, 2.45) is 0 Å². The molecule has 9 heteroatoms. The molecule has 2 amide bonds. The Morgan fingerprint density at radius 3 is 2.08 bits per heavy atom. The summed E-state index contributed by atoms with van der Waals surface area (Å²) in [5.41, 5.74) is 3.83. The van der Waals surface area contributed by atoms with Gasteiger partial charge in [0.2, 0.25) is 21.8 Å². The van der Waals surface area contributed by atoms with Crippen molar-refractivity contribution in [1.29, 1.82) is 0 Å². The number of hydrogen-bond donors (Lipinski definition) is 2. The zero-order chi connectivity index (χ0) is 28.4. The van der Waals surface area contributed by atoms with Gasteiger partial charge in [-0.3, -0.25) is 9.59 Å². The van der Waals surface area contributed by atoms with Crippen molar-refractivity contribution in [3.63, 3.8) is 0 Å². The number of methoxy groups -OCH3 is 1. The normalized spacial score (nSPS) is 12.0. The number of nitrogens with zero attached hydrogens (tertiary/aromatic N) is 1. The van der Waals surface area contributed by atoms with Crippen molar-refractivity contribution in [2.75, 3.05) is 13.7 Å². The van der Waals surface area contributed by atoms with Gasteiger partial charge < -0.3 is 15.0 Å². The molecule has 0 aromatic heterocycles. The summed E-state index contributed by atoms with van der Waals surface area (Å²) in [6.07, 6.45) is 0.586. The van der Waals surface area contributed by atoms with Gasteiger partial charge in [0.25, 0.3) is 0 Å². The highest BCUT2D eigenvalue weighted by Crippen LogP contribution is 2.17. The van der Waals surface area contributed by atoms with E-state index in [1.165, 1.54) is 12.1 Å². The van der Waals surface area contributed by atoms with Crippen LogP contribution in [0.15, 0.2) is 77.7 Å². The van der Waals surface area contributed by atoms with Crippen LogP contribution in [0.3, 0.4) is 0 Å². The van der Waals surface area contributed by atoms with E-state index in [1.54, 1.807) is 38.0 Å². The topological polar surface area (TPSA) is 105 Å². The Bertz CT molecular complexity index is 1340. The lowest BCUT2D eigenvalue weighted by atomic mass is 10.1. The Labute approximate surface area is 231 Å². The smallest absolute Gasteiger partial charge is 0.242 e. The minimum absolute atomic E-state index is 0.172. The molecule has 39 heavy (non-hydrogen) atoms. The van der Waals surface area contributed by atoms with E-state index in [-0.39, 0.29) is 29.7 Å². The van der Waals surface area contributed by atoms with Gasteiger partial charge in [-0.2, -0.15) is 0 Å². The number of amides is 2. The molecule has 0 bridgehead atoms. The number of rotatable bonds is 13. The first-order valence-electron chi connectivity index (χ1n) is 13.0. The van der Waals surface area contributed by atoms with Crippen LogP contribution < -0.4 is 14.8 Å². The van der Waals surface area contributed by atoms with Gasteiger partial charge in [0, 0.05) is 26.1 Å². The second kappa shape index (κ2) is 13.9. The molecule has 0 aliphatic heterocycles. The summed E-state index contributed by atoms with van der Waals surface area (Å²) in [6.45, 7) is 6.40. The Hall–Kier alpha value is -3.69. The summed E-state index contributed by atoms with van der Waals surface area (Å²) in [5.74, 6) is 0.295. The third-order valence-electron chi connectivity index (χ3n) is 6.46. The van der Waals surface area contributed by atoms with Gasteiger partial charge in [-0.1, -0.05) is 61.0 Å². The lowest BCUT2D eigenvalue weighted by molar-refractivity contribution is -0.140. The van der Waals surface area contributed by atoms with E-state index >= 15 is 0 Å². The summed E-state index contributed by atoms with van der Waals surface area (Å²) in [4.78, 5) is 28.3. The van der Waals surface area contributed by atoms with Crippen LogP contribution in [0.5, 0.6) is 5.75 Å². The number of nitrogens with one attached hydrogen (secondary N) is 2. The molecule has 1 atom stereocenters. The molecular formula is C30H37N3O5S. The van der Waals surface area contributed by atoms with E-state index in [9.17, 15) is 18.0 Å². The van der Waals surface area contributed by atoms with Crippen molar-refractivity contribution in [2.45, 2.75) is 57.6 Å². The second-order valence-corrected chi connectivity index (χ2v) is 11.2. The van der Waals surface area contributed by atoms with Crippen molar-refractivity contribution >= 4 is 21.8 Å². The Morgan fingerprint density at radius 1 is 0.897 bits per heavy atom. The average molecular weight is 552 g/mol. The number of hydrogen-bond acceptors (Lipinski definition) is 5. The maximum atomic E-state index is 13.4. The number of carbonyl (C=O) groups excluding carboxylic acids is 2. The minimum atomic E-state index is -3.54. The molecule has 0 aliphatic carbocycles. The van der Waals surface area contributed by atoms with E-state index in [2.05, 4.69) is 10.0 Å². The van der Waals surface area contributed by atoms with Crippen LogP contribution in [0.4, 0.5) is 0 Å². The molecule has 0 spiro atoms. The van der Waals surface area contributed by atoms with Gasteiger partial charge in [-0.15, -0.1) is 0 Å². The summed E-state index contributed by atoms with van der Waals surface area (Å²) in [7, 11) is -1.95. The fourth-order valence-corrected chi connectivity index (χ4v) is 5.10. The first-order valence-corrected chi connectivity index (χ1v) is 14.5. The average Bonchev–Trinajstić information content (AvgIpc) is 2.94. The Morgan fingerprint density at radius 2 is 1.49 bits per heavy atom. The van der Waals surface area contributed by atoms with Gasteiger partial charge in [-0.05, 0) is 61.2 Å². The molecule has 208 valence electrons.